The van der Waals surface area contributed by atoms with E-state index in [-0.39, 0.29) is 27.4 Å². The molecule has 0 aromatic carbocycles. The van der Waals surface area contributed by atoms with Crippen molar-refractivity contribution in [3.63, 3.8) is 0 Å². The predicted molar refractivity (Wildman–Crippen MR) is 94.5 cm³/mol. The van der Waals surface area contributed by atoms with Crippen LogP contribution in [0, 0.1) is 16.2 Å². The molecule has 1 fully saturated rings. The molecule has 21 heavy (non-hydrogen) atoms. The van der Waals surface area contributed by atoms with Gasteiger partial charge in [-0.2, -0.15) is 0 Å². The zero-order valence-corrected chi connectivity index (χ0v) is 16.5. The van der Waals surface area contributed by atoms with Crippen LogP contribution in [-0.4, -0.2) is 16.6 Å². The van der Waals surface area contributed by atoms with Crippen molar-refractivity contribution >= 4 is 0 Å². The van der Waals surface area contributed by atoms with E-state index in [1.807, 2.05) is 0 Å². The molecule has 1 atom stereocenters. The fourth-order valence-corrected chi connectivity index (χ4v) is 3.47. The van der Waals surface area contributed by atoms with Gasteiger partial charge in [0, 0.05) is 16.6 Å². The average Bonchev–Trinajstić information content (AvgIpc) is 2.57. The van der Waals surface area contributed by atoms with Gasteiger partial charge < -0.3 is 11.1 Å². The van der Waals surface area contributed by atoms with Crippen LogP contribution in [0.5, 0.6) is 0 Å². The van der Waals surface area contributed by atoms with Crippen molar-refractivity contribution in [1.82, 2.24) is 5.32 Å². The van der Waals surface area contributed by atoms with Crippen LogP contribution in [-0.2, 0) is 0 Å². The maximum atomic E-state index is 6.43. The molecule has 0 aliphatic heterocycles. The fourth-order valence-electron chi connectivity index (χ4n) is 3.47. The second-order valence-corrected chi connectivity index (χ2v) is 10.8. The Hall–Kier alpha value is -0.0800. The molecule has 0 heterocycles. The summed E-state index contributed by atoms with van der Waals surface area (Å²) in [4.78, 5) is 0. The molecule has 1 saturated carbocycles. The topological polar surface area (TPSA) is 38.0 Å². The van der Waals surface area contributed by atoms with E-state index in [0.717, 1.165) is 6.42 Å². The zero-order valence-electron chi connectivity index (χ0n) is 16.5. The van der Waals surface area contributed by atoms with E-state index in [2.05, 4.69) is 81.5 Å². The van der Waals surface area contributed by atoms with Crippen molar-refractivity contribution in [2.75, 3.05) is 0 Å². The summed E-state index contributed by atoms with van der Waals surface area (Å²) in [6.45, 7) is 25.4. The lowest BCUT2D eigenvalue weighted by Crippen LogP contribution is -2.59. The van der Waals surface area contributed by atoms with E-state index in [9.17, 15) is 0 Å². The van der Waals surface area contributed by atoms with Crippen LogP contribution in [0.4, 0.5) is 0 Å². The van der Waals surface area contributed by atoms with Crippen molar-refractivity contribution in [3.05, 3.63) is 0 Å². The lowest BCUT2D eigenvalue weighted by molar-refractivity contribution is 0.0421. The third-order valence-electron chi connectivity index (χ3n) is 7.07. The van der Waals surface area contributed by atoms with Gasteiger partial charge in [-0.1, -0.05) is 41.5 Å². The quantitative estimate of drug-likeness (QED) is 0.744. The molecular weight excluding hydrogens is 256 g/mol. The van der Waals surface area contributed by atoms with Gasteiger partial charge in [0.2, 0.25) is 0 Å². The normalized spacial score (nSPS) is 26.9. The van der Waals surface area contributed by atoms with Crippen molar-refractivity contribution in [2.24, 2.45) is 22.0 Å². The van der Waals surface area contributed by atoms with Gasteiger partial charge in [-0.25, -0.2) is 0 Å². The number of nitrogens with one attached hydrogen (secondary N) is 1. The number of rotatable bonds is 6. The van der Waals surface area contributed by atoms with Crippen molar-refractivity contribution in [1.29, 1.82) is 0 Å². The van der Waals surface area contributed by atoms with E-state index in [0.29, 0.717) is 5.41 Å². The summed E-state index contributed by atoms with van der Waals surface area (Å²) in [5.74, 6) is 0. The Morgan fingerprint density at radius 3 is 1.52 bits per heavy atom. The molecule has 1 unspecified atom stereocenters. The molecule has 1 aliphatic rings. The summed E-state index contributed by atoms with van der Waals surface area (Å²) >= 11 is 0. The Kier molecular flexibility index (Phi) is 4.25. The van der Waals surface area contributed by atoms with E-state index in [1.54, 1.807) is 0 Å². The first-order chi connectivity index (χ1) is 8.87. The van der Waals surface area contributed by atoms with E-state index < -0.39 is 0 Å². The number of nitrogens with two attached hydrogens (primary N) is 1. The van der Waals surface area contributed by atoms with Crippen molar-refractivity contribution in [2.45, 2.75) is 106 Å². The molecule has 0 amide bonds. The third-order valence-corrected chi connectivity index (χ3v) is 7.07. The summed E-state index contributed by atoms with van der Waals surface area (Å²) in [5, 5.41) is 3.97. The molecule has 1 aliphatic carbocycles. The van der Waals surface area contributed by atoms with Gasteiger partial charge in [0.25, 0.3) is 0 Å². The molecule has 0 radical (unpaired) electrons. The highest BCUT2D eigenvalue weighted by molar-refractivity contribution is 5.17. The predicted octanol–water partition coefficient (Wildman–Crippen LogP) is 4.72. The third kappa shape index (κ3) is 3.47. The van der Waals surface area contributed by atoms with Crippen LogP contribution in [0.1, 0.15) is 89.0 Å². The van der Waals surface area contributed by atoms with E-state index >= 15 is 0 Å². The lowest BCUT2D eigenvalue weighted by Gasteiger charge is -2.51. The second kappa shape index (κ2) is 4.71. The van der Waals surface area contributed by atoms with Crippen molar-refractivity contribution < 1.29 is 0 Å². The van der Waals surface area contributed by atoms with Gasteiger partial charge >= 0.3 is 0 Å². The average molecular weight is 297 g/mol. The minimum atomic E-state index is -0.177. The first kappa shape index (κ1) is 19.0. The molecule has 1 rings (SSSR count). The van der Waals surface area contributed by atoms with Crippen LogP contribution in [0.15, 0.2) is 0 Å². The van der Waals surface area contributed by atoms with Crippen LogP contribution in [0.2, 0.25) is 0 Å². The highest BCUT2D eigenvalue weighted by Gasteiger charge is 2.60. The van der Waals surface area contributed by atoms with E-state index in [4.69, 9.17) is 5.73 Å². The largest absolute Gasteiger partial charge is 0.325 e. The Balaban J connectivity index is 2.91. The second-order valence-electron chi connectivity index (χ2n) is 10.8. The molecule has 2 nitrogen and oxygen atoms in total. The summed E-state index contributed by atoms with van der Waals surface area (Å²) in [7, 11) is 0. The highest BCUT2D eigenvalue weighted by atomic mass is 15.1. The SMILES string of the molecule is CC(C)(N)C(C)(C)CC(C)(C)C(C)(C)NC1(C)CC1(C)C. The van der Waals surface area contributed by atoms with Gasteiger partial charge in [-0.3, -0.25) is 0 Å². The molecule has 3 N–H and O–H groups in total. The van der Waals surface area contributed by atoms with Crippen LogP contribution in [0.25, 0.3) is 0 Å². The molecule has 0 bridgehead atoms. The van der Waals surface area contributed by atoms with Gasteiger partial charge in [-0.05, 0) is 63.7 Å². The molecule has 2 heteroatoms. The Morgan fingerprint density at radius 1 is 0.857 bits per heavy atom. The highest BCUT2D eigenvalue weighted by Crippen LogP contribution is 2.57. The van der Waals surface area contributed by atoms with Gasteiger partial charge in [0.15, 0.2) is 0 Å². The van der Waals surface area contributed by atoms with Crippen LogP contribution >= 0.6 is 0 Å². The van der Waals surface area contributed by atoms with Gasteiger partial charge in [0.1, 0.15) is 0 Å². The molecule has 0 aromatic heterocycles. The van der Waals surface area contributed by atoms with Crippen molar-refractivity contribution in [3.8, 4) is 0 Å². The fraction of sp³-hybridized carbons (Fsp3) is 1.00. The monoisotopic (exact) mass is 296 g/mol. The van der Waals surface area contributed by atoms with Crippen LogP contribution in [0.3, 0.4) is 0 Å². The zero-order chi connectivity index (χ0) is 17.1. The molecule has 126 valence electrons. The summed E-state index contributed by atoms with van der Waals surface area (Å²) in [6, 6.07) is 0. The Morgan fingerprint density at radius 2 is 1.24 bits per heavy atom. The first-order valence-electron chi connectivity index (χ1n) is 8.45. The number of hydrogen-bond acceptors (Lipinski definition) is 2. The van der Waals surface area contributed by atoms with Gasteiger partial charge in [0.05, 0.1) is 0 Å². The van der Waals surface area contributed by atoms with Gasteiger partial charge in [-0.15, -0.1) is 0 Å². The lowest BCUT2D eigenvalue weighted by atomic mass is 9.60. The van der Waals surface area contributed by atoms with E-state index in [1.165, 1.54) is 6.42 Å². The summed E-state index contributed by atoms with van der Waals surface area (Å²) < 4.78 is 0. The number of hydrogen-bond donors (Lipinski definition) is 2. The molecular formula is C19H40N2. The molecule has 0 saturated heterocycles. The Labute approximate surface area is 133 Å². The minimum Gasteiger partial charge on any atom is -0.325 e. The summed E-state index contributed by atoms with van der Waals surface area (Å²) in [5.41, 5.74) is 7.24. The smallest absolute Gasteiger partial charge is 0.0215 e. The Bertz CT molecular complexity index is 396. The maximum absolute atomic E-state index is 6.43. The van der Waals surface area contributed by atoms with Crippen LogP contribution < -0.4 is 11.1 Å². The first-order valence-corrected chi connectivity index (χ1v) is 8.45. The summed E-state index contributed by atoms with van der Waals surface area (Å²) in [6.07, 6.45) is 2.35. The maximum Gasteiger partial charge on any atom is 0.0215 e. The standard InChI is InChI=1S/C19H40N2/c1-14(2,17(7,8)20)12-15(3,4)18(9,10)21-19(11)13-16(19,5)6/h21H,12-13,20H2,1-11H3. The molecule has 0 spiro atoms. The molecule has 0 aromatic rings. The minimum absolute atomic E-state index is 0.0675.